The molecule has 0 saturated heterocycles. The average Bonchev–Trinajstić information content (AvgIpc) is 2.63. The van der Waals surface area contributed by atoms with Crippen molar-refractivity contribution in [1.82, 2.24) is 10.6 Å². The lowest BCUT2D eigenvalue weighted by molar-refractivity contribution is 0.115. The maximum Gasteiger partial charge on any atom is 0.277 e. The fourth-order valence-electron chi connectivity index (χ4n) is 2.26. The Hall–Kier alpha value is -2.05. The Morgan fingerprint density at radius 1 is 1.54 bits per heavy atom. The number of nitrogens with one attached hydrogen (secondary N) is 2. The highest BCUT2D eigenvalue weighted by Crippen LogP contribution is 2.21. The molecule has 0 spiro atoms. The minimum atomic E-state index is -2.96. The number of nitrogens with two attached hydrogens (primary N) is 1. The van der Waals surface area contributed by atoms with Gasteiger partial charge in [-0.3, -0.25) is 4.99 Å². The molecule has 0 amide bonds. The molecule has 0 aromatic heterocycles. The maximum absolute atomic E-state index is 13.0. The zero-order valence-corrected chi connectivity index (χ0v) is 17.6. The second kappa shape index (κ2) is 11.7. The summed E-state index contributed by atoms with van der Waals surface area (Å²) >= 11 is 0. The van der Waals surface area contributed by atoms with Crippen molar-refractivity contribution < 1.29 is 13.9 Å². The molecule has 1 aliphatic rings. The number of aliphatic imine (C=N–C) groups is 2. The molecule has 28 heavy (non-hydrogen) atoms. The van der Waals surface area contributed by atoms with Crippen LogP contribution in [-0.4, -0.2) is 48.0 Å². The molecule has 0 fully saturated rings. The number of alkyl halides is 2. The van der Waals surface area contributed by atoms with E-state index >= 15 is 0 Å². The predicted octanol–water partition coefficient (Wildman–Crippen LogP) is 3.03. The van der Waals surface area contributed by atoms with Crippen LogP contribution < -0.4 is 16.4 Å². The van der Waals surface area contributed by atoms with E-state index in [1.165, 1.54) is 15.5 Å². The van der Waals surface area contributed by atoms with Crippen LogP contribution in [0, 0.1) is 0 Å². The molecule has 0 radical (unpaired) electrons. The van der Waals surface area contributed by atoms with Crippen molar-refractivity contribution in [2.24, 2.45) is 15.7 Å². The molecule has 6 nitrogen and oxygen atoms in total. The van der Waals surface area contributed by atoms with E-state index in [1.54, 1.807) is 31.5 Å². The smallest absolute Gasteiger partial charge is 0.277 e. The molecule has 1 rings (SSSR count). The molecule has 156 valence electrons. The molecule has 9 heteroatoms. The van der Waals surface area contributed by atoms with E-state index in [2.05, 4.69) is 27.5 Å². The van der Waals surface area contributed by atoms with Crippen molar-refractivity contribution in [3.63, 3.8) is 0 Å². The molecule has 3 unspecified atom stereocenters. The minimum absolute atomic E-state index is 0.269. The summed E-state index contributed by atoms with van der Waals surface area (Å²) in [4.78, 5) is 8.14. The van der Waals surface area contributed by atoms with Gasteiger partial charge < -0.3 is 21.5 Å². The average molecular weight is 413 g/mol. The van der Waals surface area contributed by atoms with E-state index in [-0.39, 0.29) is 12.1 Å². The van der Waals surface area contributed by atoms with Crippen molar-refractivity contribution >= 4 is 21.3 Å². The third-order valence-corrected chi connectivity index (χ3v) is 3.98. The van der Waals surface area contributed by atoms with Gasteiger partial charge in [-0.15, -0.1) is 0 Å². The Kier molecular flexibility index (Phi) is 10.0. The van der Waals surface area contributed by atoms with E-state index in [9.17, 15) is 8.78 Å². The molecule has 1 aliphatic heterocycles. The standard InChI is InChI=1S/C19H30F2N5OP/c1-4-6-24-18-16(17(22)5-7-25-18)10-26-14(3)15(8-13(2)11-27)9-23-12-19(20,21)28/h5,7-11,14,17,26-27H,4,6,12,22,28H2,1-3H3,(H,24,25)/b13-11+,15-8+,16-10+,23-9-. The Bertz CT molecular complexity index is 693. The highest BCUT2D eigenvalue weighted by molar-refractivity contribution is 7.18. The van der Waals surface area contributed by atoms with E-state index in [0.29, 0.717) is 17.0 Å². The van der Waals surface area contributed by atoms with Crippen LogP contribution in [0.2, 0.25) is 0 Å². The van der Waals surface area contributed by atoms with Crippen LogP contribution in [0.15, 0.2) is 57.5 Å². The highest BCUT2D eigenvalue weighted by Gasteiger charge is 2.20. The Morgan fingerprint density at radius 3 is 2.86 bits per heavy atom. The van der Waals surface area contributed by atoms with Crippen molar-refractivity contribution in [3.8, 4) is 0 Å². The zero-order chi connectivity index (χ0) is 21.2. The maximum atomic E-state index is 13.0. The first-order valence-electron chi connectivity index (χ1n) is 9.07. The number of nitrogens with zero attached hydrogens (tertiary/aromatic N) is 2. The fourth-order valence-corrected chi connectivity index (χ4v) is 2.37. The van der Waals surface area contributed by atoms with Gasteiger partial charge in [0.1, 0.15) is 12.4 Å². The summed E-state index contributed by atoms with van der Waals surface area (Å²) in [7, 11) is 1.46. The lowest BCUT2D eigenvalue weighted by atomic mass is 10.0. The van der Waals surface area contributed by atoms with Crippen LogP contribution >= 0.6 is 9.24 Å². The Labute approximate surface area is 167 Å². The molecule has 0 saturated carbocycles. The van der Waals surface area contributed by atoms with E-state index in [1.807, 2.05) is 6.92 Å². The SMILES string of the molecule is CCCNC1=NC=CC(N)/C1=C\NC(C)C(/C=N\CC(F)(F)P)=C/C(C)=C/O. The molecule has 5 N–H and O–H groups in total. The van der Waals surface area contributed by atoms with Crippen LogP contribution in [0.3, 0.4) is 0 Å². The van der Waals surface area contributed by atoms with Crippen LogP contribution in [0.1, 0.15) is 27.2 Å². The summed E-state index contributed by atoms with van der Waals surface area (Å²) in [5.41, 5.74) is 5.19. The summed E-state index contributed by atoms with van der Waals surface area (Å²) < 4.78 is 26.0. The lowest BCUT2D eigenvalue weighted by Gasteiger charge is -2.21. The number of aliphatic hydroxyl groups is 1. The molecule has 3 atom stereocenters. The number of allylic oxidation sites excluding steroid dienone is 2. The Balaban J connectivity index is 2.98. The second-order valence-corrected chi connectivity index (χ2v) is 7.35. The third-order valence-electron chi connectivity index (χ3n) is 3.80. The van der Waals surface area contributed by atoms with E-state index in [4.69, 9.17) is 10.8 Å². The predicted molar refractivity (Wildman–Crippen MR) is 116 cm³/mol. The largest absolute Gasteiger partial charge is 0.515 e. The van der Waals surface area contributed by atoms with Crippen molar-refractivity contribution in [2.75, 3.05) is 13.1 Å². The molecule has 1 heterocycles. The summed E-state index contributed by atoms with van der Waals surface area (Å²) in [5, 5.41) is 15.6. The van der Waals surface area contributed by atoms with Gasteiger partial charge in [0.2, 0.25) is 0 Å². The van der Waals surface area contributed by atoms with Gasteiger partial charge in [-0.05, 0) is 43.6 Å². The van der Waals surface area contributed by atoms with Crippen molar-refractivity contribution in [2.45, 2.75) is 44.9 Å². The first kappa shape index (κ1) is 24.0. The van der Waals surface area contributed by atoms with Gasteiger partial charge >= 0.3 is 0 Å². The monoisotopic (exact) mass is 413 g/mol. The summed E-state index contributed by atoms with van der Waals surface area (Å²) in [5.74, 6) is 0.699. The molecule has 0 aliphatic carbocycles. The molecule has 0 aromatic carbocycles. The third kappa shape index (κ3) is 8.76. The molecule has 0 bridgehead atoms. The topological polar surface area (TPSA) is 95.0 Å². The zero-order valence-electron chi connectivity index (χ0n) is 16.5. The van der Waals surface area contributed by atoms with Crippen LogP contribution in [0.4, 0.5) is 8.78 Å². The minimum Gasteiger partial charge on any atom is -0.515 e. The Morgan fingerprint density at radius 2 is 2.25 bits per heavy atom. The van der Waals surface area contributed by atoms with Crippen LogP contribution in [0.5, 0.6) is 0 Å². The van der Waals surface area contributed by atoms with Crippen molar-refractivity contribution in [3.05, 3.63) is 47.5 Å². The van der Waals surface area contributed by atoms with Gasteiger partial charge in [-0.2, -0.15) is 0 Å². The van der Waals surface area contributed by atoms with Gasteiger partial charge in [-0.1, -0.05) is 16.2 Å². The number of amidine groups is 1. The fraction of sp³-hybridized carbons (Fsp3) is 0.474. The van der Waals surface area contributed by atoms with Gasteiger partial charge in [0.15, 0.2) is 0 Å². The van der Waals surface area contributed by atoms with Gasteiger partial charge in [0.25, 0.3) is 5.66 Å². The second-order valence-electron chi connectivity index (χ2n) is 6.51. The number of aliphatic hydroxyl groups excluding tert-OH is 1. The lowest BCUT2D eigenvalue weighted by Crippen LogP contribution is -2.38. The normalized spacial score (nSPS) is 21.2. The van der Waals surface area contributed by atoms with E-state index < -0.39 is 12.2 Å². The summed E-state index contributed by atoms with van der Waals surface area (Å²) in [6, 6.07) is -0.581. The molecular formula is C19H30F2N5OP. The van der Waals surface area contributed by atoms with Gasteiger partial charge in [0.05, 0.1) is 12.3 Å². The first-order chi connectivity index (χ1) is 13.2. The van der Waals surface area contributed by atoms with Crippen molar-refractivity contribution in [1.29, 1.82) is 0 Å². The molecule has 0 aromatic rings. The number of hydrogen-bond acceptors (Lipinski definition) is 6. The number of rotatable bonds is 9. The van der Waals surface area contributed by atoms with Crippen LogP contribution in [-0.2, 0) is 0 Å². The van der Waals surface area contributed by atoms with Gasteiger partial charge in [0, 0.05) is 36.8 Å². The van der Waals surface area contributed by atoms with Gasteiger partial charge in [-0.25, -0.2) is 13.8 Å². The van der Waals surface area contributed by atoms with E-state index in [0.717, 1.165) is 24.8 Å². The summed E-state index contributed by atoms with van der Waals surface area (Å²) in [6.07, 6.45) is 10.2. The highest BCUT2D eigenvalue weighted by atomic mass is 31.0. The molecular weight excluding hydrogens is 383 g/mol. The summed E-state index contributed by atoms with van der Waals surface area (Å²) in [6.45, 7) is 5.75. The number of halogens is 2. The first-order valence-corrected chi connectivity index (χ1v) is 9.65. The van der Waals surface area contributed by atoms with Crippen LogP contribution in [0.25, 0.3) is 0 Å². The quantitative estimate of drug-likeness (QED) is 0.202. The number of hydrogen-bond donors (Lipinski definition) is 4.